The minimum Gasteiger partial charge on any atom is -0.508 e. The first kappa shape index (κ1) is 27.3. The Labute approximate surface area is 164 Å². The number of carboxylic acid groups (broad SMARTS) is 2. The molecule has 0 aliphatic rings. The highest BCUT2D eigenvalue weighted by Crippen LogP contribution is 2.10. The molecule has 160 valence electrons. The van der Waals surface area contributed by atoms with E-state index in [1.165, 1.54) is 12.1 Å². The van der Waals surface area contributed by atoms with Crippen molar-refractivity contribution in [2.24, 2.45) is 33.7 Å². The number of phenols is 1. The first-order valence-electron chi connectivity index (χ1n) is 8.55. The van der Waals surface area contributed by atoms with Crippen LogP contribution in [0.15, 0.2) is 29.3 Å². The van der Waals surface area contributed by atoms with E-state index in [9.17, 15) is 9.59 Å². The summed E-state index contributed by atoms with van der Waals surface area (Å²) >= 11 is 0. The summed E-state index contributed by atoms with van der Waals surface area (Å²) in [6.45, 7) is 3.07. The molecule has 0 amide bonds. The van der Waals surface area contributed by atoms with Gasteiger partial charge in [-0.05, 0) is 43.5 Å². The van der Waals surface area contributed by atoms with Gasteiger partial charge in [-0.3, -0.25) is 14.6 Å². The van der Waals surface area contributed by atoms with Crippen LogP contribution < -0.4 is 28.7 Å². The van der Waals surface area contributed by atoms with Crippen LogP contribution in [-0.2, 0) is 16.0 Å². The molecular formula is C17H32N6O5. The van der Waals surface area contributed by atoms with Crippen LogP contribution in [0.3, 0.4) is 0 Å². The van der Waals surface area contributed by atoms with E-state index in [2.05, 4.69) is 4.99 Å². The lowest BCUT2D eigenvalue weighted by atomic mass is 10.1. The molecule has 0 fully saturated rings. The Kier molecular flexibility index (Phi) is 15.9. The Hall–Kier alpha value is -2.89. The van der Waals surface area contributed by atoms with Crippen LogP contribution in [0, 0.1) is 0 Å². The number of carboxylic acids is 2. The fraction of sp³-hybridized carbons (Fsp3) is 0.471. The molecule has 28 heavy (non-hydrogen) atoms. The van der Waals surface area contributed by atoms with E-state index in [1.54, 1.807) is 12.1 Å². The predicted octanol–water partition coefficient (Wildman–Crippen LogP) is -1.24. The zero-order valence-electron chi connectivity index (χ0n) is 16.0. The summed E-state index contributed by atoms with van der Waals surface area (Å²) in [5.41, 5.74) is 26.3. The second kappa shape index (κ2) is 16.3. The van der Waals surface area contributed by atoms with Gasteiger partial charge in [-0.2, -0.15) is 0 Å². The molecule has 11 heteroatoms. The molecule has 0 aliphatic carbocycles. The zero-order valence-corrected chi connectivity index (χ0v) is 16.0. The maximum Gasteiger partial charge on any atom is 0.320 e. The Balaban J connectivity index is 0. The van der Waals surface area contributed by atoms with Crippen molar-refractivity contribution < 1.29 is 24.9 Å². The summed E-state index contributed by atoms with van der Waals surface area (Å²) in [5.74, 6) is -1.85. The Morgan fingerprint density at radius 1 is 1.04 bits per heavy atom. The number of phenolic OH excluding ortho intramolecular Hbond substituents is 1. The van der Waals surface area contributed by atoms with E-state index in [0.717, 1.165) is 12.1 Å². The quantitative estimate of drug-likeness (QED) is 0.147. The first-order chi connectivity index (χ1) is 13.0. The topological polar surface area (TPSA) is 237 Å². The van der Waals surface area contributed by atoms with Crippen molar-refractivity contribution in [2.45, 2.75) is 38.3 Å². The number of aliphatic imine (C=N–C) groups is 1. The van der Waals surface area contributed by atoms with Crippen molar-refractivity contribution in [1.82, 2.24) is 0 Å². The Bertz CT molecular complexity index is 590. The third kappa shape index (κ3) is 16.6. The van der Waals surface area contributed by atoms with E-state index in [1.807, 2.05) is 6.92 Å². The van der Waals surface area contributed by atoms with Gasteiger partial charge >= 0.3 is 11.9 Å². The second-order valence-corrected chi connectivity index (χ2v) is 5.62. The molecule has 0 saturated carbocycles. The molecule has 0 unspecified atom stereocenters. The van der Waals surface area contributed by atoms with Gasteiger partial charge in [-0.1, -0.05) is 19.1 Å². The molecule has 0 radical (unpaired) electrons. The van der Waals surface area contributed by atoms with E-state index < -0.39 is 24.0 Å². The predicted molar refractivity (Wildman–Crippen MR) is 108 cm³/mol. The Morgan fingerprint density at radius 3 is 1.89 bits per heavy atom. The van der Waals surface area contributed by atoms with E-state index in [0.29, 0.717) is 19.4 Å². The molecule has 0 heterocycles. The third-order valence-corrected chi connectivity index (χ3v) is 2.99. The zero-order chi connectivity index (χ0) is 22.1. The number of aliphatic carboxylic acids is 2. The van der Waals surface area contributed by atoms with Gasteiger partial charge in [0.2, 0.25) is 0 Å². The number of hydrogen-bond acceptors (Lipinski definition) is 7. The van der Waals surface area contributed by atoms with Gasteiger partial charge in [0.15, 0.2) is 5.96 Å². The van der Waals surface area contributed by atoms with Crippen LogP contribution in [0.5, 0.6) is 5.75 Å². The highest BCUT2D eigenvalue weighted by Gasteiger charge is 2.11. The fourth-order valence-electron chi connectivity index (χ4n) is 1.62. The van der Waals surface area contributed by atoms with Gasteiger partial charge < -0.3 is 44.0 Å². The van der Waals surface area contributed by atoms with Gasteiger partial charge in [0.1, 0.15) is 17.8 Å². The SMILES string of the molecule is CCN.NC(N)=NCCC[C@H](N)C(=O)O.N[C@@H](Cc1ccc(O)cc1)C(=O)O. The van der Waals surface area contributed by atoms with Crippen LogP contribution in [0.1, 0.15) is 25.3 Å². The molecule has 0 aliphatic heterocycles. The standard InChI is InChI=1S/C9H11NO3.C6H14N4O2.C2H7N/c10-8(9(12)13)5-6-1-3-7(11)4-2-6;7-4(5(11)12)2-1-3-10-6(8)9;1-2-3/h1-4,8,11H,5,10H2,(H,12,13);4H,1-3,7H2,(H,11,12)(H4,8,9,10);2-3H2,1H3/t8-;4-;/m00./s1. The molecule has 1 rings (SSSR count). The minimum atomic E-state index is -1.02. The smallest absolute Gasteiger partial charge is 0.320 e. The van der Waals surface area contributed by atoms with E-state index >= 15 is 0 Å². The summed E-state index contributed by atoms with van der Waals surface area (Å²) in [5, 5.41) is 25.9. The van der Waals surface area contributed by atoms with Crippen LogP contribution in [-0.4, -0.2) is 58.4 Å². The molecule has 11 nitrogen and oxygen atoms in total. The summed E-state index contributed by atoms with van der Waals surface area (Å²) in [4.78, 5) is 24.3. The normalized spacial score (nSPS) is 11.6. The molecule has 0 bridgehead atoms. The molecule has 0 saturated heterocycles. The van der Waals surface area contributed by atoms with Crippen LogP contribution in [0.4, 0.5) is 0 Å². The lowest BCUT2D eigenvalue weighted by Gasteiger charge is -2.05. The van der Waals surface area contributed by atoms with Crippen molar-refractivity contribution in [1.29, 1.82) is 0 Å². The highest BCUT2D eigenvalue weighted by molar-refractivity contribution is 5.75. The van der Waals surface area contributed by atoms with Crippen molar-refractivity contribution in [3.05, 3.63) is 29.8 Å². The number of guanidine groups is 1. The van der Waals surface area contributed by atoms with Crippen molar-refractivity contribution in [2.75, 3.05) is 13.1 Å². The molecule has 0 spiro atoms. The number of carbonyl (C=O) groups is 2. The van der Waals surface area contributed by atoms with Crippen LogP contribution in [0.2, 0.25) is 0 Å². The average molecular weight is 400 g/mol. The third-order valence-electron chi connectivity index (χ3n) is 2.99. The molecule has 1 aromatic rings. The fourth-order valence-corrected chi connectivity index (χ4v) is 1.62. The number of aromatic hydroxyl groups is 1. The van der Waals surface area contributed by atoms with Gasteiger partial charge in [0.25, 0.3) is 0 Å². The summed E-state index contributed by atoms with van der Waals surface area (Å²) in [6.07, 6.45) is 1.23. The Morgan fingerprint density at radius 2 is 1.50 bits per heavy atom. The number of nitrogens with zero attached hydrogens (tertiary/aromatic N) is 1. The van der Waals surface area contributed by atoms with E-state index in [-0.39, 0.29) is 18.1 Å². The maximum atomic E-state index is 10.4. The summed E-state index contributed by atoms with van der Waals surface area (Å²) in [7, 11) is 0. The molecular weight excluding hydrogens is 368 g/mol. The number of hydrogen-bond donors (Lipinski definition) is 8. The summed E-state index contributed by atoms with van der Waals surface area (Å²) in [6, 6.07) is 4.60. The molecule has 1 aromatic carbocycles. The van der Waals surface area contributed by atoms with Crippen molar-refractivity contribution in [3.63, 3.8) is 0 Å². The van der Waals surface area contributed by atoms with Gasteiger partial charge in [0, 0.05) is 6.54 Å². The highest BCUT2D eigenvalue weighted by atomic mass is 16.4. The number of benzene rings is 1. The summed E-state index contributed by atoms with van der Waals surface area (Å²) < 4.78 is 0. The first-order valence-corrected chi connectivity index (χ1v) is 8.55. The molecule has 2 atom stereocenters. The van der Waals surface area contributed by atoms with Crippen LogP contribution in [0.25, 0.3) is 0 Å². The van der Waals surface area contributed by atoms with E-state index in [4.69, 9.17) is 44.0 Å². The van der Waals surface area contributed by atoms with Gasteiger partial charge in [-0.25, -0.2) is 0 Å². The maximum absolute atomic E-state index is 10.4. The largest absolute Gasteiger partial charge is 0.508 e. The van der Waals surface area contributed by atoms with Crippen molar-refractivity contribution >= 4 is 17.9 Å². The minimum absolute atomic E-state index is 0.0129. The monoisotopic (exact) mass is 400 g/mol. The lowest BCUT2D eigenvalue weighted by molar-refractivity contribution is -0.139. The second-order valence-electron chi connectivity index (χ2n) is 5.62. The molecule has 0 aromatic heterocycles. The average Bonchev–Trinajstić information content (AvgIpc) is 2.61. The van der Waals surface area contributed by atoms with Crippen LogP contribution >= 0.6 is 0 Å². The van der Waals surface area contributed by atoms with Gasteiger partial charge in [0.05, 0.1) is 0 Å². The van der Waals surface area contributed by atoms with Crippen molar-refractivity contribution in [3.8, 4) is 5.75 Å². The molecule has 13 N–H and O–H groups in total. The van der Waals surface area contributed by atoms with Gasteiger partial charge in [-0.15, -0.1) is 0 Å². The number of rotatable bonds is 8. The lowest BCUT2D eigenvalue weighted by Crippen LogP contribution is -2.32. The number of nitrogens with two attached hydrogens (primary N) is 5.